The Balaban J connectivity index is 2.06. The minimum absolute atomic E-state index is 0.170. The normalized spacial score (nSPS) is 23.7. The smallest absolute Gasteiger partial charge is 0.241 e. The number of hydrogen-bond acceptors (Lipinski definition) is 2. The molecule has 18 heavy (non-hydrogen) atoms. The molecule has 0 saturated carbocycles. The van der Waals surface area contributed by atoms with Crippen molar-refractivity contribution in [2.45, 2.75) is 25.8 Å². The summed E-state index contributed by atoms with van der Waals surface area (Å²) in [4.78, 5) is 12.0. The summed E-state index contributed by atoms with van der Waals surface area (Å²) < 4.78 is 13.6. The molecule has 1 aliphatic rings. The Labute approximate surface area is 111 Å². The first-order valence-corrected chi connectivity index (χ1v) is 6.45. The van der Waals surface area contributed by atoms with Crippen molar-refractivity contribution in [3.8, 4) is 0 Å². The summed E-state index contributed by atoms with van der Waals surface area (Å²) in [6.45, 7) is 2.85. The van der Waals surface area contributed by atoms with Crippen molar-refractivity contribution in [3.05, 3.63) is 29.0 Å². The third-order valence-corrected chi connectivity index (χ3v) is 3.48. The number of hydrogen-bond donors (Lipinski definition) is 2. The zero-order chi connectivity index (χ0) is 13.1. The van der Waals surface area contributed by atoms with Crippen LogP contribution in [0.3, 0.4) is 0 Å². The molecule has 0 spiro atoms. The first kappa shape index (κ1) is 13.3. The first-order chi connectivity index (χ1) is 8.58. The summed E-state index contributed by atoms with van der Waals surface area (Å²) in [5.41, 5.74) is 0.170. The lowest BCUT2D eigenvalue weighted by Gasteiger charge is -2.28. The molecule has 2 unspecified atom stereocenters. The van der Waals surface area contributed by atoms with Crippen molar-refractivity contribution in [2.24, 2.45) is 5.92 Å². The number of amides is 1. The van der Waals surface area contributed by atoms with Crippen molar-refractivity contribution in [2.75, 3.05) is 11.9 Å². The Kier molecular flexibility index (Phi) is 4.19. The molecule has 2 atom stereocenters. The maximum atomic E-state index is 13.6. The van der Waals surface area contributed by atoms with Crippen molar-refractivity contribution in [1.29, 1.82) is 0 Å². The zero-order valence-electron chi connectivity index (χ0n) is 10.2. The second-order valence-electron chi connectivity index (χ2n) is 4.66. The van der Waals surface area contributed by atoms with Gasteiger partial charge in [-0.1, -0.05) is 18.5 Å². The Bertz CT molecular complexity index is 453. The monoisotopic (exact) mass is 270 g/mol. The Morgan fingerprint density at radius 3 is 3.00 bits per heavy atom. The summed E-state index contributed by atoms with van der Waals surface area (Å²) >= 11 is 5.66. The minimum Gasteiger partial charge on any atom is -0.322 e. The van der Waals surface area contributed by atoms with Gasteiger partial charge in [-0.25, -0.2) is 4.39 Å². The van der Waals surface area contributed by atoms with E-state index >= 15 is 0 Å². The molecule has 5 heteroatoms. The van der Waals surface area contributed by atoms with Crippen LogP contribution in [-0.4, -0.2) is 18.5 Å². The average molecular weight is 271 g/mol. The molecule has 1 amide bonds. The van der Waals surface area contributed by atoms with E-state index in [4.69, 9.17) is 11.6 Å². The first-order valence-electron chi connectivity index (χ1n) is 6.07. The van der Waals surface area contributed by atoms with Crippen LogP contribution in [0.5, 0.6) is 0 Å². The predicted molar refractivity (Wildman–Crippen MR) is 70.2 cm³/mol. The van der Waals surface area contributed by atoms with Crippen molar-refractivity contribution in [3.63, 3.8) is 0 Å². The molecular formula is C13H16ClFN2O. The van der Waals surface area contributed by atoms with Gasteiger partial charge < -0.3 is 10.6 Å². The fourth-order valence-electron chi connectivity index (χ4n) is 2.20. The second kappa shape index (κ2) is 5.67. The Morgan fingerprint density at radius 1 is 1.56 bits per heavy atom. The van der Waals surface area contributed by atoms with Gasteiger partial charge in [-0.05, 0) is 43.5 Å². The van der Waals surface area contributed by atoms with Gasteiger partial charge in [0.25, 0.3) is 0 Å². The van der Waals surface area contributed by atoms with Crippen LogP contribution in [0.1, 0.15) is 19.8 Å². The maximum Gasteiger partial charge on any atom is 0.241 e. The largest absolute Gasteiger partial charge is 0.322 e. The third kappa shape index (κ3) is 3.00. The summed E-state index contributed by atoms with van der Waals surface area (Å²) in [6.07, 6.45) is 2.08. The van der Waals surface area contributed by atoms with Crippen LogP contribution in [-0.2, 0) is 4.79 Å². The van der Waals surface area contributed by atoms with E-state index in [2.05, 4.69) is 10.6 Å². The predicted octanol–water partition coefficient (Wildman–Crippen LogP) is 2.81. The third-order valence-electron chi connectivity index (χ3n) is 3.24. The molecule has 2 rings (SSSR count). The fraction of sp³-hybridized carbons (Fsp3) is 0.462. The highest BCUT2D eigenvalue weighted by atomic mass is 35.5. The number of halogens is 2. The number of carbonyl (C=O) groups excluding carboxylic acids is 1. The van der Waals surface area contributed by atoms with E-state index < -0.39 is 5.82 Å². The van der Waals surface area contributed by atoms with Crippen LogP contribution >= 0.6 is 11.6 Å². The topological polar surface area (TPSA) is 41.1 Å². The summed E-state index contributed by atoms with van der Waals surface area (Å²) in [7, 11) is 0. The highest BCUT2D eigenvalue weighted by Crippen LogP contribution is 2.21. The molecule has 0 aromatic heterocycles. The second-order valence-corrected chi connectivity index (χ2v) is 5.10. The van der Waals surface area contributed by atoms with Gasteiger partial charge in [-0.15, -0.1) is 0 Å². The summed E-state index contributed by atoms with van der Waals surface area (Å²) in [5.74, 6) is -0.447. The van der Waals surface area contributed by atoms with E-state index in [1.807, 2.05) is 6.92 Å². The lowest BCUT2D eigenvalue weighted by atomic mass is 9.92. The van der Waals surface area contributed by atoms with Crippen molar-refractivity contribution < 1.29 is 9.18 Å². The van der Waals surface area contributed by atoms with Gasteiger partial charge in [0, 0.05) is 5.02 Å². The molecule has 1 aliphatic heterocycles. The average Bonchev–Trinajstić information content (AvgIpc) is 2.33. The quantitative estimate of drug-likeness (QED) is 0.868. The molecule has 2 N–H and O–H groups in total. The molecule has 0 radical (unpaired) electrons. The van der Waals surface area contributed by atoms with Gasteiger partial charge in [-0.2, -0.15) is 0 Å². The zero-order valence-corrected chi connectivity index (χ0v) is 10.9. The standard InChI is InChI=1S/C13H16ClFN2O/c1-8-3-2-6-16-12(8)13(18)17-11-5-4-9(14)7-10(11)15/h4-5,7-8,12,16H,2-3,6H2,1H3,(H,17,18). The molecule has 1 fully saturated rings. The Hall–Kier alpha value is -1.13. The van der Waals surface area contributed by atoms with Crippen LogP contribution in [0.25, 0.3) is 0 Å². The highest BCUT2D eigenvalue weighted by Gasteiger charge is 2.27. The number of nitrogens with one attached hydrogen (secondary N) is 2. The van der Waals surface area contributed by atoms with Gasteiger partial charge in [0.15, 0.2) is 0 Å². The molecule has 1 heterocycles. The van der Waals surface area contributed by atoms with Gasteiger partial charge in [0.2, 0.25) is 5.91 Å². The number of anilines is 1. The maximum absolute atomic E-state index is 13.6. The van der Waals surface area contributed by atoms with E-state index in [0.29, 0.717) is 5.02 Å². The molecule has 3 nitrogen and oxygen atoms in total. The van der Waals surface area contributed by atoms with Crippen LogP contribution < -0.4 is 10.6 Å². The van der Waals surface area contributed by atoms with Crippen LogP contribution in [0.2, 0.25) is 5.02 Å². The van der Waals surface area contributed by atoms with Crippen molar-refractivity contribution in [1.82, 2.24) is 5.32 Å². The number of benzene rings is 1. The number of rotatable bonds is 2. The van der Waals surface area contributed by atoms with E-state index in [1.165, 1.54) is 12.1 Å². The molecule has 1 aromatic rings. The number of piperidine rings is 1. The van der Waals surface area contributed by atoms with Gasteiger partial charge >= 0.3 is 0 Å². The van der Waals surface area contributed by atoms with Crippen LogP contribution in [0.15, 0.2) is 18.2 Å². The molecule has 98 valence electrons. The van der Waals surface area contributed by atoms with E-state index in [9.17, 15) is 9.18 Å². The highest BCUT2D eigenvalue weighted by molar-refractivity contribution is 6.30. The minimum atomic E-state index is -0.515. The molecule has 0 aliphatic carbocycles. The van der Waals surface area contributed by atoms with Gasteiger partial charge in [0.1, 0.15) is 5.82 Å². The molecule has 0 bridgehead atoms. The van der Waals surface area contributed by atoms with Crippen LogP contribution in [0.4, 0.5) is 10.1 Å². The lowest BCUT2D eigenvalue weighted by Crippen LogP contribution is -2.48. The molecule has 1 saturated heterocycles. The summed E-state index contributed by atoms with van der Waals surface area (Å²) in [6, 6.07) is 3.96. The SMILES string of the molecule is CC1CCCNC1C(=O)Nc1ccc(Cl)cc1F. The Morgan fingerprint density at radius 2 is 2.33 bits per heavy atom. The van der Waals surface area contributed by atoms with Crippen LogP contribution in [0, 0.1) is 11.7 Å². The number of carbonyl (C=O) groups is 1. The van der Waals surface area contributed by atoms with E-state index in [0.717, 1.165) is 19.4 Å². The summed E-state index contributed by atoms with van der Waals surface area (Å²) in [5, 5.41) is 6.08. The fourth-order valence-corrected chi connectivity index (χ4v) is 2.36. The van der Waals surface area contributed by atoms with E-state index in [-0.39, 0.29) is 23.6 Å². The lowest BCUT2D eigenvalue weighted by molar-refractivity contribution is -0.119. The molecular weight excluding hydrogens is 255 g/mol. The van der Waals surface area contributed by atoms with Crippen molar-refractivity contribution >= 4 is 23.2 Å². The van der Waals surface area contributed by atoms with E-state index in [1.54, 1.807) is 6.07 Å². The van der Waals surface area contributed by atoms with Gasteiger partial charge in [0.05, 0.1) is 11.7 Å². The molecule has 1 aromatic carbocycles. The van der Waals surface area contributed by atoms with Gasteiger partial charge in [-0.3, -0.25) is 4.79 Å².